The molecule has 0 radical (unpaired) electrons. The lowest BCUT2D eigenvalue weighted by atomic mass is 10.0. The molecule has 3 aromatic carbocycles. The summed E-state index contributed by atoms with van der Waals surface area (Å²) in [4.78, 5) is 19.6. The van der Waals surface area contributed by atoms with E-state index in [4.69, 9.17) is 34.8 Å². The van der Waals surface area contributed by atoms with Gasteiger partial charge >= 0.3 is 0 Å². The minimum absolute atomic E-state index is 0.151. The van der Waals surface area contributed by atoms with E-state index in [-0.39, 0.29) is 11.9 Å². The number of aliphatic imine (C=N–C) groups is 1. The van der Waals surface area contributed by atoms with Gasteiger partial charge in [-0.25, -0.2) is 4.99 Å². The Labute approximate surface area is 178 Å². The van der Waals surface area contributed by atoms with Gasteiger partial charge in [0.05, 0.1) is 11.7 Å². The van der Waals surface area contributed by atoms with Gasteiger partial charge in [0.15, 0.2) is 0 Å². The number of anilines is 1. The molecule has 1 amide bonds. The summed E-state index contributed by atoms with van der Waals surface area (Å²) in [6.07, 6.45) is 0.472. The highest BCUT2D eigenvalue weighted by Crippen LogP contribution is 2.38. The van der Waals surface area contributed by atoms with Crippen LogP contribution >= 0.6 is 34.8 Å². The van der Waals surface area contributed by atoms with Gasteiger partial charge in [0.1, 0.15) is 5.71 Å². The molecule has 3 aromatic rings. The van der Waals surface area contributed by atoms with Gasteiger partial charge in [-0.1, -0.05) is 59.1 Å². The maximum absolute atomic E-state index is 13.3. The molecule has 1 saturated heterocycles. The fraction of sp³-hybridized carbons (Fsp3) is 0.0909. The largest absolute Gasteiger partial charge is 0.299 e. The van der Waals surface area contributed by atoms with Crippen LogP contribution in [0.25, 0.3) is 0 Å². The average molecular weight is 430 g/mol. The van der Waals surface area contributed by atoms with Crippen LogP contribution < -0.4 is 4.90 Å². The first-order valence-electron chi connectivity index (χ1n) is 8.69. The van der Waals surface area contributed by atoms with E-state index in [1.807, 2.05) is 48.5 Å². The third-order valence-electron chi connectivity index (χ3n) is 4.58. The van der Waals surface area contributed by atoms with Crippen molar-refractivity contribution < 1.29 is 4.79 Å². The molecule has 6 heteroatoms. The first-order valence-corrected chi connectivity index (χ1v) is 9.82. The van der Waals surface area contributed by atoms with Crippen LogP contribution in [0.4, 0.5) is 11.4 Å². The minimum atomic E-state index is -0.193. The first kappa shape index (κ1) is 19.0. The van der Waals surface area contributed by atoms with Gasteiger partial charge in [0.25, 0.3) is 5.91 Å². The lowest BCUT2D eigenvalue weighted by Gasteiger charge is -2.24. The van der Waals surface area contributed by atoms with Crippen molar-refractivity contribution in [1.29, 1.82) is 0 Å². The van der Waals surface area contributed by atoms with E-state index in [1.165, 1.54) is 0 Å². The molecule has 0 N–H and O–H groups in total. The quantitative estimate of drug-likeness (QED) is 0.446. The van der Waals surface area contributed by atoms with E-state index in [9.17, 15) is 4.79 Å². The summed E-state index contributed by atoms with van der Waals surface area (Å²) in [5.74, 6) is -0.151. The average Bonchev–Trinajstić information content (AvgIpc) is 2.99. The third kappa shape index (κ3) is 3.93. The maximum atomic E-state index is 13.3. The highest BCUT2D eigenvalue weighted by Gasteiger charge is 2.38. The molecule has 0 spiro atoms. The number of rotatable bonds is 3. The zero-order valence-corrected chi connectivity index (χ0v) is 16.9. The van der Waals surface area contributed by atoms with Gasteiger partial charge in [-0.15, -0.1) is 0 Å². The van der Waals surface area contributed by atoms with Crippen LogP contribution in [0, 0.1) is 0 Å². The van der Waals surface area contributed by atoms with Crippen molar-refractivity contribution >= 4 is 57.8 Å². The number of nitrogens with zero attached hydrogens (tertiary/aromatic N) is 2. The summed E-state index contributed by atoms with van der Waals surface area (Å²) in [6, 6.07) is 21.7. The smallest absolute Gasteiger partial charge is 0.273 e. The molecule has 4 rings (SSSR count). The number of amides is 1. The van der Waals surface area contributed by atoms with E-state index in [0.29, 0.717) is 32.9 Å². The highest BCUT2D eigenvalue weighted by atomic mass is 35.5. The fourth-order valence-electron chi connectivity index (χ4n) is 3.31. The minimum Gasteiger partial charge on any atom is -0.299 e. The van der Waals surface area contributed by atoms with Gasteiger partial charge in [-0.3, -0.25) is 9.69 Å². The highest BCUT2D eigenvalue weighted by molar-refractivity contribution is 6.47. The predicted molar refractivity (Wildman–Crippen MR) is 116 cm³/mol. The molecule has 1 atom stereocenters. The van der Waals surface area contributed by atoms with E-state index >= 15 is 0 Å². The number of halogens is 3. The number of benzene rings is 3. The Morgan fingerprint density at radius 2 is 1.50 bits per heavy atom. The molecular weight excluding hydrogens is 415 g/mol. The second kappa shape index (κ2) is 7.96. The van der Waals surface area contributed by atoms with Gasteiger partial charge in [-0.05, 0) is 54.1 Å². The number of hydrogen-bond donors (Lipinski definition) is 0. The van der Waals surface area contributed by atoms with Crippen LogP contribution in [0.5, 0.6) is 0 Å². The molecule has 1 fully saturated rings. The maximum Gasteiger partial charge on any atom is 0.273 e. The van der Waals surface area contributed by atoms with Crippen LogP contribution in [-0.4, -0.2) is 11.6 Å². The predicted octanol–water partition coefficient (Wildman–Crippen LogP) is 6.90. The number of hydrogen-bond acceptors (Lipinski definition) is 2. The Morgan fingerprint density at radius 3 is 2.18 bits per heavy atom. The summed E-state index contributed by atoms with van der Waals surface area (Å²) in [5, 5.41) is 1.80. The molecule has 0 saturated carbocycles. The van der Waals surface area contributed by atoms with Crippen LogP contribution in [-0.2, 0) is 4.79 Å². The third-order valence-corrected chi connectivity index (χ3v) is 5.30. The molecule has 0 aliphatic carbocycles. The molecule has 0 unspecified atom stereocenters. The molecule has 3 nitrogen and oxygen atoms in total. The summed E-state index contributed by atoms with van der Waals surface area (Å²) in [5.41, 5.74) is 2.84. The van der Waals surface area contributed by atoms with E-state index < -0.39 is 0 Å². The Bertz CT molecular complexity index is 1060. The Hall–Kier alpha value is -2.33. The van der Waals surface area contributed by atoms with Gasteiger partial charge in [0.2, 0.25) is 0 Å². The van der Waals surface area contributed by atoms with Crippen molar-refractivity contribution in [3.05, 3.63) is 93.4 Å². The van der Waals surface area contributed by atoms with Crippen molar-refractivity contribution in [3.63, 3.8) is 0 Å². The molecule has 1 aliphatic rings. The fourth-order valence-corrected chi connectivity index (χ4v) is 3.81. The van der Waals surface area contributed by atoms with E-state index in [0.717, 1.165) is 11.3 Å². The topological polar surface area (TPSA) is 32.7 Å². The number of carbonyl (C=O) groups excluding carboxylic acids is 1. The standard InChI is InChI=1S/C22H15Cl3N2O/c23-15-9-7-14(8-10-15)21-13-20(26-18-5-1-3-16(24)11-18)22(28)27(21)19-6-2-4-17(25)12-19/h1-12,21H,13H2/t21-/m1/s1. The van der Waals surface area contributed by atoms with Crippen molar-refractivity contribution in [2.75, 3.05) is 4.90 Å². The van der Waals surface area contributed by atoms with Gasteiger partial charge in [-0.2, -0.15) is 0 Å². The molecular formula is C22H15Cl3N2O. The molecule has 0 aromatic heterocycles. The second-order valence-corrected chi connectivity index (χ2v) is 7.77. The monoisotopic (exact) mass is 428 g/mol. The molecule has 1 heterocycles. The second-order valence-electron chi connectivity index (χ2n) is 6.46. The molecule has 1 aliphatic heterocycles. The Morgan fingerprint density at radius 1 is 0.821 bits per heavy atom. The first-order chi connectivity index (χ1) is 13.5. The van der Waals surface area contributed by atoms with Crippen molar-refractivity contribution in [3.8, 4) is 0 Å². The van der Waals surface area contributed by atoms with Crippen molar-refractivity contribution in [2.45, 2.75) is 12.5 Å². The lowest BCUT2D eigenvalue weighted by molar-refractivity contribution is -0.112. The molecule has 140 valence electrons. The normalized spacial score (nSPS) is 18.1. The van der Waals surface area contributed by atoms with Gasteiger partial charge < -0.3 is 0 Å². The van der Waals surface area contributed by atoms with E-state index in [1.54, 1.807) is 29.2 Å². The number of carbonyl (C=O) groups is 1. The van der Waals surface area contributed by atoms with Crippen molar-refractivity contribution in [1.82, 2.24) is 0 Å². The van der Waals surface area contributed by atoms with Crippen LogP contribution in [0.2, 0.25) is 15.1 Å². The molecule has 28 heavy (non-hydrogen) atoms. The Balaban J connectivity index is 1.78. The molecule has 0 bridgehead atoms. The summed E-state index contributed by atoms with van der Waals surface area (Å²) in [7, 11) is 0. The SMILES string of the molecule is O=C1C(=Nc2cccc(Cl)c2)C[C@H](c2ccc(Cl)cc2)N1c1cccc(Cl)c1. The Kier molecular flexibility index (Phi) is 5.40. The van der Waals surface area contributed by atoms with Crippen LogP contribution in [0.3, 0.4) is 0 Å². The zero-order valence-electron chi connectivity index (χ0n) is 14.6. The van der Waals surface area contributed by atoms with Crippen LogP contribution in [0.1, 0.15) is 18.0 Å². The van der Waals surface area contributed by atoms with Gasteiger partial charge in [0, 0.05) is 27.2 Å². The summed E-state index contributed by atoms with van der Waals surface area (Å²) >= 11 is 18.3. The summed E-state index contributed by atoms with van der Waals surface area (Å²) < 4.78 is 0. The van der Waals surface area contributed by atoms with Crippen molar-refractivity contribution in [2.24, 2.45) is 4.99 Å². The zero-order chi connectivity index (χ0) is 19.7. The van der Waals surface area contributed by atoms with Crippen LogP contribution in [0.15, 0.2) is 77.8 Å². The lowest BCUT2D eigenvalue weighted by Crippen LogP contribution is -2.29. The van der Waals surface area contributed by atoms with E-state index in [2.05, 4.69) is 4.99 Å². The summed E-state index contributed by atoms with van der Waals surface area (Å²) in [6.45, 7) is 0.